The maximum absolute atomic E-state index is 4.34. The van der Waals surface area contributed by atoms with Gasteiger partial charge in [0.15, 0.2) is 0 Å². The normalized spacial score (nSPS) is 43.3. The predicted octanol–water partition coefficient (Wildman–Crippen LogP) is 1.55. The van der Waals surface area contributed by atoms with E-state index in [2.05, 4.69) is 30.9 Å². The van der Waals surface area contributed by atoms with Gasteiger partial charge in [-0.05, 0) is 12.0 Å². The summed E-state index contributed by atoms with van der Waals surface area (Å²) in [6.45, 7) is 0. The molecule has 0 spiro atoms. The first-order valence-electron chi connectivity index (χ1n) is 2.43. The van der Waals surface area contributed by atoms with Crippen LogP contribution < -0.4 is 0 Å². The summed E-state index contributed by atoms with van der Waals surface area (Å²) in [5.74, 6) is 0. The van der Waals surface area contributed by atoms with Crippen LogP contribution in [0.15, 0.2) is 23.8 Å². The van der Waals surface area contributed by atoms with Crippen molar-refractivity contribution in [3.05, 3.63) is 23.8 Å². The lowest BCUT2D eigenvalue weighted by Crippen LogP contribution is -1.90. The van der Waals surface area contributed by atoms with Gasteiger partial charge in [-0.3, -0.25) is 0 Å². The van der Waals surface area contributed by atoms with Crippen molar-refractivity contribution >= 4 is 12.6 Å². The molecule has 0 saturated heterocycles. The summed E-state index contributed by atoms with van der Waals surface area (Å²) in [5, 5.41) is 0. The first-order valence-corrected chi connectivity index (χ1v) is 2.88. The molecular weight excluding hydrogens is 104 g/mol. The van der Waals surface area contributed by atoms with E-state index in [-0.39, 0.29) is 4.75 Å². The predicted molar refractivity (Wildman–Crippen MR) is 33.6 cm³/mol. The molecule has 1 heteroatoms. The van der Waals surface area contributed by atoms with E-state index in [4.69, 9.17) is 0 Å². The smallest absolute Gasteiger partial charge is 0.0706 e. The van der Waals surface area contributed by atoms with Crippen molar-refractivity contribution in [3.63, 3.8) is 0 Å². The minimum atomic E-state index is 0.167. The SMILES string of the molecule is SC12C=CCC1=C2. The first kappa shape index (κ1) is 3.79. The fourth-order valence-electron chi connectivity index (χ4n) is 0.973. The Morgan fingerprint density at radius 1 is 1.71 bits per heavy atom. The van der Waals surface area contributed by atoms with Crippen LogP contribution in [-0.2, 0) is 0 Å². The lowest BCUT2D eigenvalue weighted by molar-refractivity contribution is 1.27. The van der Waals surface area contributed by atoms with Gasteiger partial charge in [-0.25, -0.2) is 0 Å². The number of fused-ring (bicyclic) bond motifs is 1. The molecule has 0 N–H and O–H groups in total. The van der Waals surface area contributed by atoms with Crippen LogP contribution in [0.4, 0.5) is 0 Å². The average molecular weight is 110 g/mol. The van der Waals surface area contributed by atoms with Gasteiger partial charge in [-0.15, -0.1) is 0 Å². The summed E-state index contributed by atoms with van der Waals surface area (Å²) in [4.78, 5) is 0. The zero-order chi connectivity index (χ0) is 4.91. The maximum atomic E-state index is 4.34. The van der Waals surface area contributed by atoms with Crippen LogP contribution in [0.3, 0.4) is 0 Å². The fourth-order valence-corrected chi connectivity index (χ4v) is 1.33. The van der Waals surface area contributed by atoms with Crippen molar-refractivity contribution in [3.8, 4) is 0 Å². The quantitative estimate of drug-likeness (QED) is 0.355. The van der Waals surface area contributed by atoms with Gasteiger partial charge in [0.1, 0.15) is 0 Å². The number of rotatable bonds is 0. The first-order chi connectivity index (χ1) is 3.31. The topological polar surface area (TPSA) is 0 Å². The Labute approximate surface area is 48.3 Å². The second-order valence-electron chi connectivity index (χ2n) is 2.10. The summed E-state index contributed by atoms with van der Waals surface area (Å²) >= 11 is 4.34. The van der Waals surface area contributed by atoms with Crippen LogP contribution in [0.25, 0.3) is 0 Å². The Kier molecular flexibility index (Phi) is 0.447. The Morgan fingerprint density at radius 2 is 2.57 bits per heavy atom. The van der Waals surface area contributed by atoms with Gasteiger partial charge in [-0.2, -0.15) is 12.6 Å². The number of allylic oxidation sites excluding steroid dienone is 1. The lowest BCUT2D eigenvalue weighted by Gasteiger charge is -1.93. The van der Waals surface area contributed by atoms with E-state index in [1.807, 2.05) is 0 Å². The number of hydrogen-bond acceptors (Lipinski definition) is 1. The summed E-state index contributed by atoms with van der Waals surface area (Å²) in [5.41, 5.74) is 1.48. The lowest BCUT2D eigenvalue weighted by atomic mass is 10.3. The standard InChI is InChI=1S/C6H6S/c7-6-3-1-2-5(6)4-6/h1,3-4,7H,2H2. The van der Waals surface area contributed by atoms with Gasteiger partial charge < -0.3 is 0 Å². The highest BCUT2D eigenvalue weighted by Gasteiger charge is 2.39. The highest BCUT2D eigenvalue weighted by atomic mass is 32.1. The van der Waals surface area contributed by atoms with Crippen LogP contribution in [0, 0.1) is 0 Å². The average Bonchev–Trinajstić information content (AvgIpc) is 2.09. The van der Waals surface area contributed by atoms with Crippen molar-refractivity contribution in [2.45, 2.75) is 11.2 Å². The van der Waals surface area contributed by atoms with E-state index in [0.717, 1.165) is 6.42 Å². The van der Waals surface area contributed by atoms with Crippen LogP contribution >= 0.6 is 12.6 Å². The van der Waals surface area contributed by atoms with Gasteiger partial charge >= 0.3 is 0 Å². The third kappa shape index (κ3) is 0.341. The summed E-state index contributed by atoms with van der Waals surface area (Å²) in [7, 11) is 0. The summed E-state index contributed by atoms with van der Waals surface area (Å²) < 4.78 is 0.167. The molecule has 0 aromatic carbocycles. The van der Waals surface area contributed by atoms with E-state index < -0.39 is 0 Å². The van der Waals surface area contributed by atoms with Gasteiger partial charge in [-0.1, -0.05) is 18.2 Å². The van der Waals surface area contributed by atoms with Gasteiger partial charge in [0.2, 0.25) is 0 Å². The van der Waals surface area contributed by atoms with Crippen LogP contribution in [0.2, 0.25) is 0 Å². The molecule has 0 radical (unpaired) electrons. The van der Waals surface area contributed by atoms with E-state index in [1.165, 1.54) is 5.57 Å². The Bertz CT molecular complexity index is 167. The molecule has 2 aliphatic carbocycles. The molecule has 7 heavy (non-hydrogen) atoms. The molecule has 0 nitrogen and oxygen atoms in total. The van der Waals surface area contributed by atoms with Crippen molar-refractivity contribution < 1.29 is 0 Å². The van der Waals surface area contributed by atoms with Crippen LogP contribution in [-0.4, -0.2) is 4.75 Å². The minimum Gasteiger partial charge on any atom is -0.160 e. The third-order valence-electron chi connectivity index (χ3n) is 1.54. The molecule has 2 rings (SSSR count). The fraction of sp³-hybridized carbons (Fsp3) is 0.333. The highest BCUT2D eigenvalue weighted by molar-refractivity contribution is 7.83. The molecule has 0 amide bonds. The monoisotopic (exact) mass is 110 g/mol. The van der Waals surface area contributed by atoms with Gasteiger partial charge in [0.05, 0.1) is 4.75 Å². The molecule has 36 valence electrons. The Hall–Kier alpha value is -0.170. The molecule has 2 aliphatic rings. The molecule has 0 saturated carbocycles. The summed E-state index contributed by atoms with van der Waals surface area (Å²) in [6.07, 6.45) is 7.65. The summed E-state index contributed by atoms with van der Waals surface area (Å²) in [6, 6.07) is 0. The van der Waals surface area contributed by atoms with E-state index in [1.54, 1.807) is 0 Å². The van der Waals surface area contributed by atoms with Crippen molar-refractivity contribution in [2.24, 2.45) is 0 Å². The maximum Gasteiger partial charge on any atom is 0.0706 e. The van der Waals surface area contributed by atoms with Crippen LogP contribution in [0.5, 0.6) is 0 Å². The van der Waals surface area contributed by atoms with Crippen molar-refractivity contribution in [1.82, 2.24) is 0 Å². The molecule has 0 aromatic heterocycles. The molecule has 0 aliphatic heterocycles. The minimum absolute atomic E-state index is 0.167. The molecule has 1 unspecified atom stereocenters. The van der Waals surface area contributed by atoms with Crippen LogP contribution in [0.1, 0.15) is 6.42 Å². The van der Waals surface area contributed by atoms with E-state index in [0.29, 0.717) is 0 Å². The Morgan fingerprint density at radius 3 is 2.71 bits per heavy atom. The molecule has 1 atom stereocenters. The van der Waals surface area contributed by atoms with E-state index >= 15 is 0 Å². The second-order valence-corrected chi connectivity index (χ2v) is 2.84. The number of thiol groups is 1. The van der Waals surface area contributed by atoms with Crippen molar-refractivity contribution in [1.29, 1.82) is 0 Å². The van der Waals surface area contributed by atoms with E-state index in [9.17, 15) is 0 Å². The molecule has 0 bridgehead atoms. The second kappa shape index (κ2) is 0.826. The largest absolute Gasteiger partial charge is 0.160 e. The molecule has 0 fully saturated rings. The molecule has 0 heterocycles. The third-order valence-corrected chi connectivity index (χ3v) is 2.10. The van der Waals surface area contributed by atoms with Gasteiger partial charge in [0.25, 0.3) is 0 Å². The molecule has 0 aromatic rings. The number of hydrogen-bond donors (Lipinski definition) is 1. The van der Waals surface area contributed by atoms with Gasteiger partial charge in [0, 0.05) is 0 Å². The highest BCUT2D eigenvalue weighted by Crippen LogP contribution is 2.48. The Balaban J connectivity index is 2.38. The zero-order valence-corrected chi connectivity index (χ0v) is 4.78. The van der Waals surface area contributed by atoms with Crippen molar-refractivity contribution in [2.75, 3.05) is 0 Å². The zero-order valence-electron chi connectivity index (χ0n) is 3.89. The molecular formula is C6H6S.